The standard InChI is InChI=1S/C13H18FN5/c1-3-5-12(4-2)19-13(16-17-18-19)9-6-10(14)8-11(15)7-9/h6-8,12H,3-5,15H2,1-2H3. The molecular formula is C13H18FN5. The van der Waals surface area contributed by atoms with E-state index in [2.05, 4.69) is 29.4 Å². The van der Waals surface area contributed by atoms with Gasteiger partial charge in [0, 0.05) is 11.3 Å². The summed E-state index contributed by atoms with van der Waals surface area (Å²) in [5.74, 6) is 0.180. The van der Waals surface area contributed by atoms with Crippen molar-refractivity contribution in [1.29, 1.82) is 0 Å². The molecule has 1 aromatic heterocycles. The van der Waals surface area contributed by atoms with Gasteiger partial charge in [0.15, 0.2) is 5.82 Å². The van der Waals surface area contributed by atoms with Gasteiger partial charge in [0.05, 0.1) is 6.04 Å². The second-order valence-electron chi connectivity index (χ2n) is 4.57. The van der Waals surface area contributed by atoms with Crippen LogP contribution >= 0.6 is 0 Å². The van der Waals surface area contributed by atoms with Crippen LogP contribution < -0.4 is 5.73 Å². The number of hydrogen-bond donors (Lipinski definition) is 1. The molecule has 1 aromatic carbocycles. The summed E-state index contributed by atoms with van der Waals surface area (Å²) in [6, 6.07) is 4.58. The van der Waals surface area contributed by atoms with Gasteiger partial charge in [0.1, 0.15) is 5.82 Å². The van der Waals surface area contributed by atoms with Crippen molar-refractivity contribution in [3.8, 4) is 11.4 Å². The van der Waals surface area contributed by atoms with Crippen LogP contribution in [0.3, 0.4) is 0 Å². The first-order chi connectivity index (χ1) is 9.15. The van der Waals surface area contributed by atoms with Gasteiger partial charge in [-0.3, -0.25) is 0 Å². The zero-order chi connectivity index (χ0) is 13.8. The van der Waals surface area contributed by atoms with E-state index in [9.17, 15) is 4.39 Å². The third-order valence-corrected chi connectivity index (χ3v) is 3.11. The molecule has 102 valence electrons. The number of benzene rings is 1. The van der Waals surface area contributed by atoms with Crippen LogP contribution in [0.5, 0.6) is 0 Å². The van der Waals surface area contributed by atoms with Crippen molar-refractivity contribution in [1.82, 2.24) is 20.2 Å². The molecule has 1 atom stereocenters. The molecule has 0 spiro atoms. The quantitative estimate of drug-likeness (QED) is 0.842. The Bertz CT molecular complexity index is 531. The van der Waals surface area contributed by atoms with E-state index in [1.165, 1.54) is 12.1 Å². The van der Waals surface area contributed by atoms with E-state index >= 15 is 0 Å². The second-order valence-corrected chi connectivity index (χ2v) is 4.57. The van der Waals surface area contributed by atoms with Crippen LogP contribution in [-0.4, -0.2) is 20.2 Å². The fraction of sp³-hybridized carbons (Fsp3) is 0.462. The Hall–Kier alpha value is -1.98. The van der Waals surface area contributed by atoms with Crippen molar-refractivity contribution in [2.45, 2.75) is 39.2 Å². The molecule has 2 aromatic rings. The summed E-state index contributed by atoms with van der Waals surface area (Å²) < 4.78 is 15.2. The molecule has 1 heterocycles. The minimum absolute atomic E-state index is 0.222. The van der Waals surface area contributed by atoms with Gasteiger partial charge >= 0.3 is 0 Å². The van der Waals surface area contributed by atoms with E-state index in [0.29, 0.717) is 17.1 Å². The van der Waals surface area contributed by atoms with Crippen LogP contribution in [0.25, 0.3) is 11.4 Å². The van der Waals surface area contributed by atoms with Crippen molar-refractivity contribution < 1.29 is 4.39 Å². The predicted molar refractivity (Wildman–Crippen MR) is 71.9 cm³/mol. The van der Waals surface area contributed by atoms with Crippen LogP contribution in [0.2, 0.25) is 0 Å². The van der Waals surface area contributed by atoms with Gasteiger partial charge in [0.25, 0.3) is 0 Å². The van der Waals surface area contributed by atoms with Crippen LogP contribution in [0.1, 0.15) is 39.2 Å². The fourth-order valence-corrected chi connectivity index (χ4v) is 2.20. The summed E-state index contributed by atoms with van der Waals surface area (Å²) in [6.45, 7) is 4.21. The van der Waals surface area contributed by atoms with E-state index in [1.54, 1.807) is 10.7 Å². The van der Waals surface area contributed by atoms with E-state index in [-0.39, 0.29) is 11.9 Å². The number of aromatic nitrogens is 4. The number of rotatable bonds is 5. The lowest BCUT2D eigenvalue weighted by atomic mass is 10.1. The highest BCUT2D eigenvalue weighted by Crippen LogP contribution is 2.25. The Morgan fingerprint density at radius 2 is 2.11 bits per heavy atom. The van der Waals surface area contributed by atoms with Crippen LogP contribution in [-0.2, 0) is 0 Å². The molecule has 6 heteroatoms. The SMILES string of the molecule is CCCC(CC)n1nnnc1-c1cc(N)cc(F)c1. The summed E-state index contributed by atoms with van der Waals surface area (Å²) >= 11 is 0. The number of tetrazole rings is 1. The second kappa shape index (κ2) is 5.77. The molecule has 0 saturated heterocycles. The molecule has 1 unspecified atom stereocenters. The smallest absolute Gasteiger partial charge is 0.182 e. The molecule has 0 fully saturated rings. The van der Waals surface area contributed by atoms with Crippen LogP contribution in [0.4, 0.5) is 10.1 Å². The number of anilines is 1. The molecule has 0 saturated carbocycles. The summed E-state index contributed by atoms with van der Waals surface area (Å²) in [4.78, 5) is 0. The highest BCUT2D eigenvalue weighted by molar-refractivity contribution is 5.61. The van der Waals surface area contributed by atoms with Crippen molar-refractivity contribution in [2.24, 2.45) is 0 Å². The average Bonchev–Trinajstić information content (AvgIpc) is 2.83. The van der Waals surface area contributed by atoms with Crippen molar-refractivity contribution in [3.63, 3.8) is 0 Å². The normalized spacial score (nSPS) is 12.6. The largest absolute Gasteiger partial charge is 0.399 e. The molecule has 2 N–H and O–H groups in total. The van der Waals surface area contributed by atoms with E-state index in [4.69, 9.17) is 5.73 Å². The molecule has 0 amide bonds. The average molecular weight is 263 g/mol. The summed E-state index contributed by atoms with van der Waals surface area (Å²) in [5.41, 5.74) is 6.64. The summed E-state index contributed by atoms with van der Waals surface area (Å²) in [5, 5.41) is 11.7. The van der Waals surface area contributed by atoms with Gasteiger partial charge in [-0.2, -0.15) is 0 Å². The van der Waals surface area contributed by atoms with Crippen molar-refractivity contribution >= 4 is 5.69 Å². The van der Waals surface area contributed by atoms with Crippen LogP contribution in [0.15, 0.2) is 18.2 Å². The first kappa shape index (κ1) is 13.5. The molecule has 0 aliphatic carbocycles. The Morgan fingerprint density at radius 3 is 2.74 bits per heavy atom. The monoisotopic (exact) mass is 263 g/mol. The number of halogens is 1. The lowest BCUT2D eigenvalue weighted by Gasteiger charge is -2.15. The number of hydrogen-bond acceptors (Lipinski definition) is 4. The summed E-state index contributed by atoms with van der Waals surface area (Å²) in [7, 11) is 0. The third-order valence-electron chi connectivity index (χ3n) is 3.11. The maximum atomic E-state index is 13.4. The van der Waals surface area contributed by atoms with E-state index < -0.39 is 0 Å². The van der Waals surface area contributed by atoms with Gasteiger partial charge in [-0.05, 0) is 41.5 Å². The molecular weight excluding hydrogens is 245 g/mol. The highest BCUT2D eigenvalue weighted by atomic mass is 19.1. The predicted octanol–water partition coefficient (Wildman–Crippen LogP) is 2.81. The molecule has 19 heavy (non-hydrogen) atoms. The fourth-order valence-electron chi connectivity index (χ4n) is 2.20. The van der Waals surface area contributed by atoms with E-state index in [1.807, 2.05) is 0 Å². The summed E-state index contributed by atoms with van der Waals surface area (Å²) in [6.07, 6.45) is 2.96. The van der Waals surface area contributed by atoms with Crippen molar-refractivity contribution in [2.75, 3.05) is 5.73 Å². The van der Waals surface area contributed by atoms with Crippen LogP contribution in [0, 0.1) is 5.82 Å². The van der Waals surface area contributed by atoms with Gasteiger partial charge in [-0.25, -0.2) is 9.07 Å². The van der Waals surface area contributed by atoms with Gasteiger partial charge in [-0.15, -0.1) is 5.10 Å². The molecule has 0 bridgehead atoms. The number of nitrogens with two attached hydrogens (primary N) is 1. The lowest BCUT2D eigenvalue weighted by Crippen LogP contribution is -2.11. The minimum Gasteiger partial charge on any atom is -0.399 e. The van der Waals surface area contributed by atoms with Gasteiger partial charge in [-0.1, -0.05) is 20.3 Å². The maximum Gasteiger partial charge on any atom is 0.182 e. The van der Waals surface area contributed by atoms with Gasteiger partial charge < -0.3 is 5.73 Å². The molecule has 0 aliphatic rings. The first-order valence-corrected chi connectivity index (χ1v) is 6.50. The third kappa shape index (κ3) is 2.89. The molecule has 5 nitrogen and oxygen atoms in total. The van der Waals surface area contributed by atoms with E-state index in [0.717, 1.165) is 19.3 Å². The minimum atomic E-state index is -0.381. The Morgan fingerprint density at radius 1 is 1.32 bits per heavy atom. The topological polar surface area (TPSA) is 69.6 Å². The Kier molecular flexibility index (Phi) is 4.09. The number of nitrogen functional groups attached to an aromatic ring is 1. The first-order valence-electron chi connectivity index (χ1n) is 6.50. The molecule has 0 aliphatic heterocycles. The van der Waals surface area contributed by atoms with Crippen molar-refractivity contribution in [3.05, 3.63) is 24.0 Å². The van der Waals surface area contributed by atoms with Gasteiger partial charge in [0.2, 0.25) is 0 Å². The zero-order valence-electron chi connectivity index (χ0n) is 11.2. The Balaban J connectivity index is 2.43. The highest BCUT2D eigenvalue weighted by Gasteiger charge is 2.17. The molecule has 0 radical (unpaired) electrons. The zero-order valence-corrected chi connectivity index (χ0v) is 11.2. The molecule has 2 rings (SSSR count). The lowest BCUT2D eigenvalue weighted by molar-refractivity contribution is 0.403. The Labute approximate surface area is 111 Å². The maximum absolute atomic E-state index is 13.4. The number of nitrogens with zero attached hydrogens (tertiary/aromatic N) is 4.